The normalized spacial score (nSPS) is 11.9. The minimum Gasteiger partial charge on any atom is -0.374 e. The Morgan fingerprint density at radius 2 is 1.59 bits per heavy atom. The molecule has 2 N–H and O–H groups in total. The van der Waals surface area contributed by atoms with Gasteiger partial charge in [0.15, 0.2) is 0 Å². The van der Waals surface area contributed by atoms with Gasteiger partial charge >= 0.3 is 0 Å². The van der Waals surface area contributed by atoms with E-state index in [4.69, 9.17) is 0 Å². The highest BCUT2D eigenvalue weighted by Gasteiger charge is 2.15. The maximum Gasteiger partial charge on any atom is 0.246 e. The zero-order chi connectivity index (χ0) is 16.3. The third-order valence-corrected chi connectivity index (χ3v) is 4.27. The van der Waals surface area contributed by atoms with Crippen molar-refractivity contribution in [3.8, 4) is 0 Å². The fraction of sp³-hybridized carbons (Fsp3) is 0.278. The molecule has 0 aliphatic heterocycles. The van der Waals surface area contributed by atoms with E-state index in [9.17, 15) is 4.79 Å². The van der Waals surface area contributed by atoms with Crippen LogP contribution in [0.5, 0.6) is 0 Å². The zero-order valence-electron chi connectivity index (χ0n) is 13.3. The van der Waals surface area contributed by atoms with E-state index in [2.05, 4.69) is 52.3 Å². The Morgan fingerprint density at radius 1 is 1.05 bits per heavy atom. The van der Waals surface area contributed by atoms with Crippen LogP contribution in [0.4, 0.5) is 11.4 Å². The molecule has 1 amide bonds. The van der Waals surface area contributed by atoms with Gasteiger partial charge in [0.1, 0.15) is 6.04 Å². The van der Waals surface area contributed by atoms with Gasteiger partial charge in [-0.25, -0.2) is 0 Å². The van der Waals surface area contributed by atoms with Crippen molar-refractivity contribution in [1.29, 1.82) is 0 Å². The molecule has 2 aromatic rings. The van der Waals surface area contributed by atoms with Crippen molar-refractivity contribution < 1.29 is 4.79 Å². The first kappa shape index (κ1) is 16.8. The molecule has 0 fully saturated rings. The van der Waals surface area contributed by atoms with Gasteiger partial charge in [0, 0.05) is 14.9 Å². The van der Waals surface area contributed by atoms with E-state index in [-0.39, 0.29) is 11.9 Å². The van der Waals surface area contributed by atoms with Crippen LogP contribution < -0.4 is 10.6 Å². The summed E-state index contributed by atoms with van der Waals surface area (Å²) in [6.45, 7) is 7.97. The molecule has 0 bridgehead atoms. The maximum absolute atomic E-state index is 12.4. The Bertz CT molecular complexity index is 657. The summed E-state index contributed by atoms with van der Waals surface area (Å²) >= 11 is 2.26. The van der Waals surface area contributed by atoms with Crippen LogP contribution in [0.25, 0.3) is 0 Å². The van der Waals surface area contributed by atoms with Crippen LogP contribution in [0.1, 0.15) is 23.6 Å². The lowest BCUT2D eigenvalue weighted by Crippen LogP contribution is -2.32. The summed E-state index contributed by atoms with van der Waals surface area (Å²) in [4.78, 5) is 12.4. The minimum absolute atomic E-state index is 0.0337. The first-order valence-electron chi connectivity index (χ1n) is 7.27. The van der Waals surface area contributed by atoms with E-state index in [0.717, 1.165) is 22.5 Å². The molecule has 3 nitrogen and oxygen atoms in total. The molecule has 22 heavy (non-hydrogen) atoms. The van der Waals surface area contributed by atoms with Crippen LogP contribution in [-0.2, 0) is 4.79 Å². The van der Waals surface area contributed by atoms with Gasteiger partial charge in [0.2, 0.25) is 5.91 Å². The Morgan fingerprint density at radius 3 is 2.14 bits per heavy atom. The number of carbonyl (C=O) groups is 1. The van der Waals surface area contributed by atoms with E-state index in [0.29, 0.717) is 0 Å². The van der Waals surface area contributed by atoms with Gasteiger partial charge < -0.3 is 10.6 Å². The molecule has 0 aromatic heterocycles. The fourth-order valence-corrected chi connectivity index (χ4v) is 2.83. The second-order valence-corrected chi connectivity index (χ2v) is 6.88. The second-order valence-electron chi connectivity index (χ2n) is 5.64. The smallest absolute Gasteiger partial charge is 0.246 e. The van der Waals surface area contributed by atoms with Gasteiger partial charge in [-0.05, 0) is 85.7 Å². The molecule has 116 valence electrons. The lowest BCUT2D eigenvalue weighted by atomic mass is 10.0. The third-order valence-electron chi connectivity index (χ3n) is 3.55. The summed E-state index contributed by atoms with van der Waals surface area (Å²) < 4.78 is 1.17. The summed E-state index contributed by atoms with van der Waals surface area (Å²) in [6, 6.07) is 11.9. The molecule has 0 aliphatic rings. The Kier molecular flexibility index (Phi) is 5.45. The number of hydrogen-bond donors (Lipinski definition) is 2. The van der Waals surface area contributed by atoms with Gasteiger partial charge in [-0.2, -0.15) is 0 Å². The van der Waals surface area contributed by atoms with E-state index in [1.165, 1.54) is 9.13 Å². The highest BCUT2D eigenvalue weighted by molar-refractivity contribution is 14.1. The molecule has 0 saturated carbocycles. The first-order valence-corrected chi connectivity index (χ1v) is 8.35. The van der Waals surface area contributed by atoms with Crippen molar-refractivity contribution in [2.75, 3.05) is 10.6 Å². The third kappa shape index (κ3) is 4.22. The molecule has 0 aliphatic carbocycles. The quantitative estimate of drug-likeness (QED) is 0.723. The molecule has 0 heterocycles. The van der Waals surface area contributed by atoms with Crippen LogP contribution in [0.2, 0.25) is 0 Å². The Balaban J connectivity index is 2.07. The van der Waals surface area contributed by atoms with Crippen LogP contribution in [0.3, 0.4) is 0 Å². The molecular formula is C18H21IN2O. The Labute approximate surface area is 145 Å². The molecule has 1 atom stereocenters. The number of aryl methyl sites for hydroxylation is 3. The van der Waals surface area contributed by atoms with Crippen molar-refractivity contribution in [2.45, 2.75) is 33.7 Å². The van der Waals surface area contributed by atoms with E-state index in [1.807, 2.05) is 45.0 Å². The van der Waals surface area contributed by atoms with Gasteiger partial charge in [-0.3, -0.25) is 4.79 Å². The molecule has 0 unspecified atom stereocenters. The summed E-state index contributed by atoms with van der Waals surface area (Å²) in [5, 5.41) is 6.26. The van der Waals surface area contributed by atoms with Gasteiger partial charge in [-0.1, -0.05) is 17.7 Å². The molecule has 2 aromatic carbocycles. The number of carbonyl (C=O) groups excluding carboxylic acids is 1. The van der Waals surface area contributed by atoms with Crippen molar-refractivity contribution in [2.24, 2.45) is 0 Å². The van der Waals surface area contributed by atoms with Crippen LogP contribution in [-0.4, -0.2) is 11.9 Å². The topological polar surface area (TPSA) is 41.1 Å². The van der Waals surface area contributed by atoms with Crippen molar-refractivity contribution >= 4 is 39.9 Å². The average Bonchev–Trinajstić information content (AvgIpc) is 2.45. The number of amides is 1. The first-order chi connectivity index (χ1) is 10.4. The van der Waals surface area contributed by atoms with Crippen LogP contribution >= 0.6 is 22.6 Å². The molecule has 0 spiro atoms. The molecule has 0 radical (unpaired) electrons. The number of benzene rings is 2. The van der Waals surface area contributed by atoms with Gasteiger partial charge in [0.25, 0.3) is 0 Å². The van der Waals surface area contributed by atoms with Crippen LogP contribution in [0, 0.1) is 24.3 Å². The SMILES string of the molecule is Cc1cc(C)c(NC(=O)[C@@H](C)Nc2ccc(I)cc2)c(C)c1. The Hall–Kier alpha value is -1.56. The molecular weight excluding hydrogens is 387 g/mol. The van der Waals surface area contributed by atoms with Crippen molar-refractivity contribution in [3.05, 3.63) is 56.7 Å². The fourth-order valence-electron chi connectivity index (χ4n) is 2.47. The predicted octanol–water partition coefficient (Wildman–Crippen LogP) is 4.66. The molecule has 2 rings (SSSR count). The van der Waals surface area contributed by atoms with E-state index >= 15 is 0 Å². The number of nitrogens with one attached hydrogen (secondary N) is 2. The lowest BCUT2D eigenvalue weighted by Gasteiger charge is -2.18. The van der Waals surface area contributed by atoms with E-state index < -0.39 is 0 Å². The second kappa shape index (κ2) is 7.13. The summed E-state index contributed by atoms with van der Waals surface area (Å²) in [6.07, 6.45) is 0. The maximum atomic E-state index is 12.4. The largest absolute Gasteiger partial charge is 0.374 e. The van der Waals surface area contributed by atoms with Gasteiger partial charge in [-0.15, -0.1) is 0 Å². The minimum atomic E-state index is -0.305. The van der Waals surface area contributed by atoms with Crippen molar-refractivity contribution in [3.63, 3.8) is 0 Å². The monoisotopic (exact) mass is 408 g/mol. The van der Waals surface area contributed by atoms with Crippen molar-refractivity contribution in [1.82, 2.24) is 0 Å². The lowest BCUT2D eigenvalue weighted by molar-refractivity contribution is -0.116. The predicted molar refractivity (Wildman–Crippen MR) is 102 cm³/mol. The average molecular weight is 408 g/mol. The summed E-state index contributed by atoms with van der Waals surface area (Å²) in [5.74, 6) is -0.0337. The number of anilines is 2. The number of rotatable bonds is 4. The number of hydrogen-bond acceptors (Lipinski definition) is 2. The number of halogens is 1. The summed E-state index contributed by atoms with van der Waals surface area (Å²) in [7, 11) is 0. The van der Waals surface area contributed by atoms with E-state index in [1.54, 1.807) is 0 Å². The van der Waals surface area contributed by atoms with Gasteiger partial charge in [0.05, 0.1) is 0 Å². The highest BCUT2D eigenvalue weighted by Crippen LogP contribution is 2.22. The summed E-state index contributed by atoms with van der Waals surface area (Å²) in [5.41, 5.74) is 5.24. The standard InChI is InChI=1S/C18H21IN2O/c1-11-9-12(2)17(13(3)10-11)21-18(22)14(4)20-16-7-5-15(19)6-8-16/h5-10,14,20H,1-4H3,(H,21,22)/t14-/m1/s1. The zero-order valence-corrected chi connectivity index (χ0v) is 15.5. The molecule has 0 saturated heterocycles. The van der Waals surface area contributed by atoms with Crippen LogP contribution in [0.15, 0.2) is 36.4 Å². The highest BCUT2D eigenvalue weighted by atomic mass is 127. The molecule has 4 heteroatoms.